The van der Waals surface area contributed by atoms with Gasteiger partial charge in [0, 0.05) is 41.7 Å². The van der Waals surface area contributed by atoms with Crippen molar-refractivity contribution in [3.63, 3.8) is 0 Å². The van der Waals surface area contributed by atoms with Crippen molar-refractivity contribution in [3.8, 4) is 5.75 Å². The Labute approximate surface area is 276 Å². The maximum absolute atomic E-state index is 14.0. The molecule has 2 aromatic rings. The molecule has 1 saturated carbocycles. The molecule has 1 spiro atoms. The first-order valence-corrected chi connectivity index (χ1v) is 17.3. The van der Waals surface area contributed by atoms with Crippen LogP contribution in [0, 0.1) is 11.8 Å². The third-order valence-electron chi connectivity index (χ3n) is 10.7. The summed E-state index contributed by atoms with van der Waals surface area (Å²) in [5.41, 5.74) is 10.8. The average Bonchev–Trinajstić information content (AvgIpc) is 3.71. The van der Waals surface area contributed by atoms with Crippen molar-refractivity contribution in [1.82, 2.24) is 10.2 Å². The zero-order valence-corrected chi connectivity index (χ0v) is 27.4. The van der Waals surface area contributed by atoms with E-state index in [1.807, 2.05) is 44.2 Å². The van der Waals surface area contributed by atoms with Crippen LogP contribution in [0.1, 0.15) is 81.9 Å². The van der Waals surface area contributed by atoms with Crippen molar-refractivity contribution in [3.05, 3.63) is 83.0 Å². The Morgan fingerprint density at radius 3 is 2.74 bits per heavy atom. The summed E-state index contributed by atoms with van der Waals surface area (Å²) in [6, 6.07) is 12.9. The van der Waals surface area contributed by atoms with Gasteiger partial charge in [0.15, 0.2) is 0 Å². The fraction of sp³-hybridized carbons (Fsp3) is 0.500. The number of hydrogen-bond donors (Lipinski definition) is 3. The number of nitrogens with one attached hydrogen (secondary N) is 2. The van der Waals surface area contributed by atoms with Gasteiger partial charge in [0.05, 0.1) is 6.61 Å². The number of rotatable bonds is 7. The Morgan fingerprint density at radius 2 is 1.94 bits per heavy atom. The molecule has 248 valence electrons. The first kappa shape index (κ1) is 31.6. The number of nitrogens with two attached hydrogens (primary N) is 1. The summed E-state index contributed by atoms with van der Waals surface area (Å²) in [6.45, 7) is 4.79. The second kappa shape index (κ2) is 12.9. The quantitative estimate of drug-likeness (QED) is 0.389. The predicted octanol–water partition coefficient (Wildman–Crippen LogP) is 5.09. The lowest BCUT2D eigenvalue weighted by Gasteiger charge is -2.49. The number of anilines is 1. The lowest BCUT2D eigenvalue weighted by Crippen LogP contribution is -2.53. The van der Waals surface area contributed by atoms with E-state index in [0.29, 0.717) is 37.4 Å². The molecule has 0 radical (unpaired) electrons. The molecule has 3 heterocycles. The van der Waals surface area contributed by atoms with Gasteiger partial charge in [0.2, 0.25) is 17.7 Å². The molecule has 6 atom stereocenters. The number of hydrogen-bond acceptors (Lipinski definition) is 6. The van der Waals surface area contributed by atoms with Crippen LogP contribution in [-0.2, 0) is 31.3 Å². The first-order valence-electron chi connectivity index (χ1n) is 17.3. The number of amides is 3. The minimum absolute atomic E-state index is 0.0364. The molecule has 2 aromatic carbocycles. The molecule has 9 heteroatoms. The molecule has 2 aliphatic carbocycles. The van der Waals surface area contributed by atoms with Gasteiger partial charge in [-0.2, -0.15) is 0 Å². The molecular weight excluding hydrogens is 592 g/mol. The number of ether oxygens (including phenoxy) is 2. The minimum Gasteiger partial charge on any atom is -0.489 e. The standard InChI is InChI=1S/C38H46N4O5/c1-23(2)37(45)42-18-8-13-32(42)36(44)41-31(19-24-9-4-3-5-10-24)35(43)40-27-15-17-30-34(21-27)47-33-20-26(39)14-16-29(33)38(30)28-12-7-6-11-25(28)22-46-38/h3-4,6-7,9,11-12,15,17,21,23,26,29,31-33H,5,8,10,13-14,16,18-20,22,39H2,1-2H3,(H,40,43)(H,41,44). The van der Waals surface area contributed by atoms with Gasteiger partial charge in [-0.15, -0.1) is 0 Å². The monoisotopic (exact) mass is 638 g/mol. The van der Waals surface area contributed by atoms with Crippen LogP contribution in [-0.4, -0.2) is 53.4 Å². The van der Waals surface area contributed by atoms with Gasteiger partial charge in [-0.1, -0.05) is 61.9 Å². The van der Waals surface area contributed by atoms with Crippen LogP contribution in [0.25, 0.3) is 0 Å². The van der Waals surface area contributed by atoms with Crippen molar-refractivity contribution in [2.75, 3.05) is 11.9 Å². The second-order valence-electron chi connectivity index (χ2n) is 14.1. The maximum atomic E-state index is 14.0. The van der Waals surface area contributed by atoms with Gasteiger partial charge in [-0.25, -0.2) is 0 Å². The first-order chi connectivity index (χ1) is 22.7. The second-order valence-corrected chi connectivity index (χ2v) is 14.1. The number of allylic oxidation sites excluding steroid dienone is 3. The molecule has 47 heavy (non-hydrogen) atoms. The summed E-state index contributed by atoms with van der Waals surface area (Å²) in [7, 11) is 0. The molecule has 2 fully saturated rings. The average molecular weight is 639 g/mol. The van der Waals surface area contributed by atoms with Crippen LogP contribution < -0.4 is 21.1 Å². The fourth-order valence-corrected chi connectivity index (χ4v) is 8.36. The lowest BCUT2D eigenvalue weighted by molar-refractivity contribution is -0.141. The zero-order chi connectivity index (χ0) is 32.7. The van der Waals surface area contributed by atoms with Crippen LogP contribution in [0.5, 0.6) is 5.75 Å². The highest BCUT2D eigenvalue weighted by Crippen LogP contribution is 2.57. The van der Waals surface area contributed by atoms with Crippen molar-refractivity contribution >= 4 is 23.4 Å². The van der Waals surface area contributed by atoms with E-state index in [0.717, 1.165) is 49.7 Å². The van der Waals surface area contributed by atoms with Crippen molar-refractivity contribution in [1.29, 1.82) is 0 Å². The Balaban J connectivity index is 1.16. The van der Waals surface area contributed by atoms with E-state index in [-0.39, 0.29) is 41.7 Å². The Bertz CT molecular complexity index is 1620. The molecule has 6 unspecified atom stereocenters. The minimum atomic E-state index is -0.800. The largest absolute Gasteiger partial charge is 0.489 e. The normalized spacial score (nSPS) is 28.2. The van der Waals surface area contributed by atoms with E-state index < -0.39 is 17.7 Å². The van der Waals surface area contributed by atoms with Crippen molar-refractivity contribution in [2.24, 2.45) is 17.6 Å². The van der Waals surface area contributed by atoms with Crippen LogP contribution in [0.4, 0.5) is 5.69 Å². The number of nitrogens with zero attached hydrogens (tertiary/aromatic N) is 1. The Kier molecular flexibility index (Phi) is 8.70. The molecule has 4 N–H and O–H groups in total. The Hall–Kier alpha value is -3.95. The highest BCUT2D eigenvalue weighted by molar-refractivity contribution is 5.99. The molecule has 0 aromatic heterocycles. The van der Waals surface area contributed by atoms with Crippen LogP contribution in [0.3, 0.4) is 0 Å². The summed E-state index contributed by atoms with van der Waals surface area (Å²) in [6.07, 6.45) is 12.1. The maximum Gasteiger partial charge on any atom is 0.247 e. The summed E-state index contributed by atoms with van der Waals surface area (Å²) < 4.78 is 13.4. The highest BCUT2D eigenvalue weighted by atomic mass is 16.5. The number of likely N-dealkylation sites (tertiary alicyclic amines) is 1. The number of carbonyl (C=O) groups excluding carboxylic acids is 3. The third-order valence-corrected chi connectivity index (χ3v) is 10.7. The van der Waals surface area contributed by atoms with Gasteiger partial charge < -0.3 is 30.7 Å². The molecule has 3 aliphatic heterocycles. The van der Waals surface area contributed by atoms with Gasteiger partial charge in [-0.05, 0) is 74.6 Å². The summed E-state index contributed by atoms with van der Waals surface area (Å²) >= 11 is 0. The zero-order valence-electron chi connectivity index (χ0n) is 27.4. The third kappa shape index (κ3) is 5.89. The van der Waals surface area contributed by atoms with Gasteiger partial charge in [0.25, 0.3) is 0 Å². The summed E-state index contributed by atoms with van der Waals surface area (Å²) in [5, 5.41) is 6.11. The number of benzene rings is 2. The van der Waals surface area contributed by atoms with E-state index in [2.05, 4.69) is 41.0 Å². The lowest BCUT2D eigenvalue weighted by atomic mass is 9.66. The molecule has 7 rings (SSSR count). The predicted molar refractivity (Wildman–Crippen MR) is 179 cm³/mol. The van der Waals surface area contributed by atoms with Crippen molar-refractivity contribution in [2.45, 2.75) is 102 Å². The smallest absolute Gasteiger partial charge is 0.247 e. The summed E-state index contributed by atoms with van der Waals surface area (Å²) in [5.74, 6) is -0.00566. The number of carbonyl (C=O) groups is 3. The van der Waals surface area contributed by atoms with E-state index in [4.69, 9.17) is 15.2 Å². The van der Waals surface area contributed by atoms with Gasteiger partial charge in [0.1, 0.15) is 29.5 Å². The number of fused-ring (bicyclic) bond motifs is 6. The van der Waals surface area contributed by atoms with Crippen molar-refractivity contribution < 1.29 is 23.9 Å². The Morgan fingerprint density at radius 1 is 1.09 bits per heavy atom. The molecule has 0 bridgehead atoms. The molecule has 5 aliphatic rings. The molecule has 3 amide bonds. The molecule has 1 saturated heterocycles. The molecule has 9 nitrogen and oxygen atoms in total. The van der Waals surface area contributed by atoms with Crippen LogP contribution in [0.2, 0.25) is 0 Å². The van der Waals surface area contributed by atoms with E-state index in [1.165, 1.54) is 11.1 Å². The van der Waals surface area contributed by atoms with Gasteiger partial charge in [-0.3, -0.25) is 14.4 Å². The van der Waals surface area contributed by atoms with Crippen LogP contribution in [0.15, 0.2) is 66.3 Å². The van der Waals surface area contributed by atoms with E-state index >= 15 is 0 Å². The van der Waals surface area contributed by atoms with Crippen LogP contribution >= 0.6 is 0 Å². The van der Waals surface area contributed by atoms with E-state index in [9.17, 15) is 14.4 Å². The molecular formula is C38H46N4O5. The SMILES string of the molecule is CC(C)C(=O)N1CCCC1C(=O)NC(CC1=CC=CCC1)C(=O)Nc1ccc2c(c1)OC1CC(N)CCC1C21OCc2ccccc21. The topological polar surface area (TPSA) is 123 Å². The highest BCUT2D eigenvalue weighted by Gasteiger charge is 2.56. The summed E-state index contributed by atoms with van der Waals surface area (Å²) in [4.78, 5) is 42.1. The van der Waals surface area contributed by atoms with E-state index in [1.54, 1.807) is 4.90 Å². The fourth-order valence-electron chi connectivity index (χ4n) is 8.36. The van der Waals surface area contributed by atoms with Gasteiger partial charge >= 0.3 is 0 Å².